The maximum atomic E-state index is 13.4. The molecule has 2 aliphatic rings. The van der Waals surface area contributed by atoms with Crippen molar-refractivity contribution in [3.8, 4) is 0 Å². The van der Waals surface area contributed by atoms with Crippen molar-refractivity contribution in [1.29, 1.82) is 0 Å². The molecule has 0 aliphatic carbocycles. The number of aliphatic hydroxyl groups excluding tert-OH is 1. The van der Waals surface area contributed by atoms with Crippen LogP contribution in [0, 0.1) is 10.1 Å². The van der Waals surface area contributed by atoms with Crippen LogP contribution in [-0.2, 0) is 10.0 Å². The minimum Gasteiger partial charge on any atom is -0.395 e. The lowest BCUT2D eigenvalue weighted by Crippen LogP contribution is -2.67. The van der Waals surface area contributed by atoms with Crippen molar-refractivity contribution in [1.82, 2.24) is 9.21 Å². The molecule has 0 aromatic heterocycles. The molecule has 0 amide bonds. The summed E-state index contributed by atoms with van der Waals surface area (Å²) in [5, 5.41) is 21.4. The van der Waals surface area contributed by atoms with Gasteiger partial charge in [0, 0.05) is 41.6 Å². The Balaban J connectivity index is 1.68. The van der Waals surface area contributed by atoms with Gasteiger partial charge in [-0.1, -0.05) is 40.2 Å². The van der Waals surface area contributed by atoms with E-state index in [0.29, 0.717) is 13.0 Å². The summed E-state index contributed by atoms with van der Waals surface area (Å²) in [6, 6.07) is 13.2. The zero-order valence-corrected chi connectivity index (χ0v) is 19.2. The lowest BCUT2D eigenvalue weighted by atomic mass is 9.74. The molecule has 0 saturated carbocycles. The first-order chi connectivity index (χ1) is 14.8. The molecule has 8 nitrogen and oxygen atoms in total. The standard InChI is InChI=1S/C21H24BrN3O5S/c22-16-9-7-15(8-10-16)21-18-13-23(11-3-4-12-24(18)19(21)14-26)31(29,30)20-6-2-1-5-17(20)25(27)28/h1-2,5-10,18-19,21,26H,3-4,11-14H2/t18-,19-,21+/m1/s1. The third kappa shape index (κ3) is 4.14. The average Bonchev–Trinajstić information content (AvgIpc) is 2.73. The molecule has 2 aromatic rings. The number of benzene rings is 2. The van der Waals surface area contributed by atoms with E-state index >= 15 is 0 Å². The van der Waals surface area contributed by atoms with Crippen LogP contribution in [0.25, 0.3) is 0 Å². The van der Waals surface area contributed by atoms with Crippen LogP contribution >= 0.6 is 15.9 Å². The SMILES string of the molecule is O=[N+]([O-])c1ccccc1S(=O)(=O)N1CCCCN2[C@H](CO)[C@@H](c3ccc(Br)cc3)[C@H]2C1. The van der Waals surface area contributed by atoms with Crippen LogP contribution in [0.2, 0.25) is 0 Å². The number of fused-ring (bicyclic) bond motifs is 1. The number of aliphatic hydroxyl groups is 1. The molecule has 4 rings (SSSR count). The van der Waals surface area contributed by atoms with Crippen molar-refractivity contribution in [2.24, 2.45) is 0 Å². The van der Waals surface area contributed by atoms with Crippen molar-refractivity contribution < 1.29 is 18.4 Å². The van der Waals surface area contributed by atoms with Crippen LogP contribution in [0.3, 0.4) is 0 Å². The number of hydrogen-bond acceptors (Lipinski definition) is 6. The van der Waals surface area contributed by atoms with Gasteiger partial charge in [0.1, 0.15) is 0 Å². The van der Waals surface area contributed by atoms with E-state index < -0.39 is 20.6 Å². The van der Waals surface area contributed by atoms with Crippen molar-refractivity contribution >= 4 is 31.6 Å². The molecule has 2 aliphatic heterocycles. The first-order valence-electron chi connectivity index (χ1n) is 10.2. The molecule has 0 bridgehead atoms. The summed E-state index contributed by atoms with van der Waals surface area (Å²) in [7, 11) is -4.04. The molecule has 2 saturated heterocycles. The van der Waals surface area contributed by atoms with Gasteiger partial charge in [-0.3, -0.25) is 15.0 Å². The molecule has 2 fully saturated rings. The molecule has 3 atom stereocenters. The second kappa shape index (κ2) is 8.95. The van der Waals surface area contributed by atoms with Gasteiger partial charge in [-0.2, -0.15) is 4.31 Å². The second-order valence-corrected chi connectivity index (χ2v) is 10.7. The molecular formula is C21H24BrN3O5S. The summed E-state index contributed by atoms with van der Waals surface area (Å²) >= 11 is 3.44. The van der Waals surface area contributed by atoms with Crippen LogP contribution < -0.4 is 0 Å². The normalized spacial score (nSPS) is 25.2. The number of para-hydroxylation sites is 1. The van der Waals surface area contributed by atoms with Gasteiger partial charge in [-0.25, -0.2) is 8.42 Å². The highest BCUT2D eigenvalue weighted by atomic mass is 79.9. The molecule has 31 heavy (non-hydrogen) atoms. The lowest BCUT2D eigenvalue weighted by molar-refractivity contribution is -0.387. The summed E-state index contributed by atoms with van der Waals surface area (Å²) in [5.74, 6) is -0.0142. The van der Waals surface area contributed by atoms with E-state index in [0.717, 1.165) is 23.0 Å². The number of nitro benzene ring substituents is 1. The predicted molar refractivity (Wildman–Crippen MR) is 119 cm³/mol. The molecule has 0 unspecified atom stereocenters. The number of rotatable bonds is 5. The topological polar surface area (TPSA) is 104 Å². The highest BCUT2D eigenvalue weighted by Crippen LogP contribution is 2.43. The van der Waals surface area contributed by atoms with E-state index in [2.05, 4.69) is 20.8 Å². The van der Waals surface area contributed by atoms with Gasteiger partial charge in [0.05, 0.1) is 11.5 Å². The first-order valence-corrected chi connectivity index (χ1v) is 12.4. The van der Waals surface area contributed by atoms with Crippen LogP contribution in [0.4, 0.5) is 5.69 Å². The quantitative estimate of drug-likeness (QED) is 0.490. The van der Waals surface area contributed by atoms with E-state index in [1.54, 1.807) is 0 Å². The van der Waals surface area contributed by atoms with Gasteiger partial charge in [-0.15, -0.1) is 0 Å². The van der Waals surface area contributed by atoms with Crippen LogP contribution in [0.15, 0.2) is 57.9 Å². The number of halogens is 1. The van der Waals surface area contributed by atoms with E-state index in [-0.39, 0.29) is 36.0 Å². The summed E-state index contributed by atoms with van der Waals surface area (Å²) in [6.07, 6.45) is 1.45. The van der Waals surface area contributed by atoms with Crippen molar-refractivity contribution in [3.05, 3.63) is 68.7 Å². The minimum atomic E-state index is -4.04. The second-order valence-electron chi connectivity index (χ2n) is 7.93. The summed E-state index contributed by atoms with van der Waals surface area (Å²) in [4.78, 5) is 12.7. The Morgan fingerprint density at radius 3 is 2.45 bits per heavy atom. The number of nitrogens with zero attached hydrogens (tertiary/aromatic N) is 3. The Morgan fingerprint density at radius 2 is 1.77 bits per heavy atom. The van der Waals surface area contributed by atoms with E-state index in [4.69, 9.17) is 0 Å². The molecule has 10 heteroatoms. The van der Waals surface area contributed by atoms with Crippen molar-refractivity contribution in [2.75, 3.05) is 26.2 Å². The third-order valence-corrected chi connectivity index (χ3v) is 8.71. The largest absolute Gasteiger partial charge is 0.395 e. The molecule has 0 spiro atoms. The Labute approximate surface area is 189 Å². The maximum absolute atomic E-state index is 13.4. The molecule has 0 radical (unpaired) electrons. The fraction of sp³-hybridized carbons (Fsp3) is 0.429. The fourth-order valence-corrected chi connectivity index (χ4v) is 6.70. The summed E-state index contributed by atoms with van der Waals surface area (Å²) in [5.41, 5.74) is 0.639. The molecule has 2 heterocycles. The molecule has 166 valence electrons. The van der Waals surface area contributed by atoms with Crippen molar-refractivity contribution in [2.45, 2.75) is 35.7 Å². The van der Waals surface area contributed by atoms with Crippen molar-refractivity contribution in [3.63, 3.8) is 0 Å². The molecule has 1 N–H and O–H groups in total. The highest BCUT2D eigenvalue weighted by Gasteiger charge is 2.50. The molecular weight excluding hydrogens is 486 g/mol. The van der Waals surface area contributed by atoms with E-state index in [1.807, 2.05) is 24.3 Å². The van der Waals surface area contributed by atoms with Gasteiger partial charge < -0.3 is 5.11 Å². The van der Waals surface area contributed by atoms with Gasteiger partial charge >= 0.3 is 0 Å². The third-order valence-electron chi connectivity index (χ3n) is 6.27. The van der Waals surface area contributed by atoms with Gasteiger partial charge in [0.2, 0.25) is 10.0 Å². The van der Waals surface area contributed by atoms with Crippen LogP contribution in [0.1, 0.15) is 24.3 Å². The van der Waals surface area contributed by atoms with E-state index in [1.165, 1.54) is 28.6 Å². The Morgan fingerprint density at radius 1 is 1.10 bits per heavy atom. The first kappa shape index (κ1) is 22.3. The van der Waals surface area contributed by atoms with E-state index in [9.17, 15) is 23.6 Å². The Bertz CT molecular complexity index is 1060. The maximum Gasteiger partial charge on any atom is 0.289 e. The number of nitro groups is 1. The number of sulfonamides is 1. The Kier molecular flexibility index (Phi) is 6.45. The average molecular weight is 510 g/mol. The Hall–Kier alpha value is -1.85. The van der Waals surface area contributed by atoms with Gasteiger partial charge in [-0.05, 0) is 43.1 Å². The fourth-order valence-electron chi connectivity index (χ4n) is 4.78. The zero-order chi connectivity index (χ0) is 22.2. The summed E-state index contributed by atoms with van der Waals surface area (Å²) in [6.45, 7) is 1.33. The molecule has 2 aromatic carbocycles. The van der Waals surface area contributed by atoms with Gasteiger partial charge in [0.15, 0.2) is 4.90 Å². The smallest absolute Gasteiger partial charge is 0.289 e. The monoisotopic (exact) mass is 509 g/mol. The number of hydrogen-bond donors (Lipinski definition) is 1. The van der Waals surface area contributed by atoms with Gasteiger partial charge in [0.25, 0.3) is 5.69 Å². The summed E-state index contributed by atoms with van der Waals surface area (Å²) < 4.78 is 29.2. The minimum absolute atomic E-state index is 0.00582. The zero-order valence-electron chi connectivity index (χ0n) is 16.8. The van der Waals surface area contributed by atoms with Crippen LogP contribution in [0.5, 0.6) is 0 Å². The highest BCUT2D eigenvalue weighted by molar-refractivity contribution is 9.10. The van der Waals surface area contributed by atoms with Crippen LogP contribution in [-0.4, -0.2) is 66.0 Å². The lowest BCUT2D eigenvalue weighted by Gasteiger charge is -2.57. The predicted octanol–water partition coefficient (Wildman–Crippen LogP) is 2.97.